The van der Waals surface area contributed by atoms with Gasteiger partial charge in [-0.3, -0.25) is 4.57 Å². The molecule has 6 heteroatoms. The van der Waals surface area contributed by atoms with Crippen molar-refractivity contribution in [3.63, 3.8) is 0 Å². The van der Waals surface area contributed by atoms with Gasteiger partial charge in [0, 0.05) is 6.16 Å². The third-order valence-corrected chi connectivity index (χ3v) is 6.23. The Morgan fingerprint density at radius 2 is 1.20 bits per heavy atom. The summed E-state index contributed by atoms with van der Waals surface area (Å²) in [5.41, 5.74) is 0. The van der Waals surface area contributed by atoms with E-state index in [0.29, 0.717) is 57.5 Å². The van der Waals surface area contributed by atoms with Crippen LogP contribution in [0.4, 0.5) is 8.78 Å². The Balaban J connectivity index is 1.83. The van der Waals surface area contributed by atoms with Crippen LogP contribution >= 0.6 is 7.60 Å². The van der Waals surface area contributed by atoms with Crippen molar-refractivity contribution in [3.05, 3.63) is 0 Å². The zero-order valence-electron chi connectivity index (χ0n) is 12.1. The minimum Gasteiger partial charge on any atom is -0.305 e. The van der Waals surface area contributed by atoms with Gasteiger partial charge in [0.05, 0.1) is 12.2 Å². The number of halogens is 2. The zero-order chi connectivity index (χ0) is 14.6. The second-order valence-electron chi connectivity index (χ2n) is 5.89. The molecule has 0 atom stereocenters. The highest BCUT2D eigenvalue weighted by Crippen LogP contribution is 2.53. The van der Waals surface area contributed by atoms with Gasteiger partial charge in [0.2, 0.25) is 0 Å². The van der Waals surface area contributed by atoms with Crippen LogP contribution in [0, 0.1) is 0 Å². The van der Waals surface area contributed by atoms with E-state index in [9.17, 15) is 13.3 Å². The molecular formula is C14H25F2O3P. The van der Waals surface area contributed by atoms with Gasteiger partial charge in [0.15, 0.2) is 0 Å². The molecule has 0 aliphatic heterocycles. The molecule has 2 aliphatic rings. The first-order chi connectivity index (χ1) is 9.50. The minimum absolute atomic E-state index is 0.162. The average molecular weight is 310 g/mol. The van der Waals surface area contributed by atoms with Gasteiger partial charge in [-0.15, -0.1) is 0 Å². The van der Waals surface area contributed by atoms with E-state index in [2.05, 4.69) is 0 Å². The highest BCUT2D eigenvalue weighted by Gasteiger charge is 2.34. The minimum atomic E-state index is -3.12. The molecule has 2 fully saturated rings. The largest absolute Gasteiger partial charge is 0.330 e. The Labute approximate surface area is 119 Å². The topological polar surface area (TPSA) is 35.5 Å². The summed E-state index contributed by atoms with van der Waals surface area (Å²) in [7, 11) is -3.12. The zero-order valence-corrected chi connectivity index (χ0v) is 13.0. The van der Waals surface area contributed by atoms with Crippen molar-refractivity contribution in [2.45, 2.75) is 82.8 Å². The molecular weight excluding hydrogens is 285 g/mol. The second kappa shape index (κ2) is 7.33. The van der Waals surface area contributed by atoms with Crippen molar-refractivity contribution in [1.82, 2.24) is 0 Å². The first kappa shape index (κ1) is 16.4. The number of alkyl halides is 2. The van der Waals surface area contributed by atoms with Crippen molar-refractivity contribution >= 4 is 7.60 Å². The van der Waals surface area contributed by atoms with E-state index >= 15 is 0 Å². The summed E-state index contributed by atoms with van der Waals surface area (Å²) in [4.78, 5) is 0. The third kappa shape index (κ3) is 4.78. The molecule has 2 rings (SSSR count). The van der Waals surface area contributed by atoms with Gasteiger partial charge in [-0.1, -0.05) is 6.92 Å². The predicted octanol–water partition coefficient (Wildman–Crippen LogP) is 4.79. The molecule has 0 radical (unpaired) electrons. The van der Waals surface area contributed by atoms with E-state index in [1.165, 1.54) is 0 Å². The maximum atomic E-state index is 13.1. The van der Waals surface area contributed by atoms with E-state index in [1.54, 1.807) is 6.92 Å². The van der Waals surface area contributed by atoms with Gasteiger partial charge >= 0.3 is 7.60 Å². The third-order valence-electron chi connectivity index (χ3n) is 4.21. The van der Waals surface area contributed by atoms with E-state index in [-0.39, 0.29) is 12.2 Å². The lowest BCUT2D eigenvalue weighted by atomic mass is 9.96. The molecule has 0 aromatic rings. The second-order valence-corrected chi connectivity index (χ2v) is 8.16. The maximum Gasteiger partial charge on any atom is 0.330 e. The normalized spacial score (nSPS) is 38.4. The molecule has 0 heterocycles. The summed E-state index contributed by atoms with van der Waals surface area (Å²) < 4.78 is 50.2. The fraction of sp³-hybridized carbons (Fsp3) is 1.00. The molecule has 0 saturated heterocycles. The Morgan fingerprint density at radius 3 is 1.50 bits per heavy atom. The molecule has 0 spiro atoms. The fourth-order valence-corrected chi connectivity index (χ4v) is 4.56. The summed E-state index contributed by atoms with van der Waals surface area (Å²) in [6, 6.07) is 0. The smallest absolute Gasteiger partial charge is 0.305 e. The predicted molar refractivity (Wildman–Crippen MR) is 74.6 cm³/mol. The Kier molecular flexibility index (Phi) is 6.00. The van der Waals surface area contributed by atoms with Crippen molar-refractivity contribution in [3.8, 4) is 0 Å². The molecule has 0 amide bonds. The molecule has 2 saturated carbocycles. The summed E-state index contributed by atoms with van der Waals surface area (Å²) in [6.07, 6.45) is 2.79. The van der Waals surface area contributed by atoms with Crippen molar-refractivity contribution in [1.29, 1.82) is 0 Å². The summed E-state index contributed by atoms with van der Waals surface area (Å²) in [6.45, 7) is 1.78. The van der Waals surface area contributed by atoms with Gasteiger partial charge in [0.25, 0.3) is 0 Å². The highest BCUT2D eigenvalue weighted by atomic mass is 31.2. The highest BCUT2D eigenvalue weighted by molar-refractivity contribution is 7.53. The Morgan fingerprint density at radius 1 is 0.850 bits per heavy atom. The molecule has 0 unspecified atom stereocenters. The van der Waals surface area contributed by atoms with Crippen molar-refractivity contribution in [2.75, 3.05) is 6.16 Å². The number of hydrogen-bond donors (Lipinski definition) is 0. The molecule has 2 aliphatic carbocycles. The summed E-state index contributed by atoms with van der Waals surface area (Å²) in [5.74, 6) is 0. The lowest BCUT2D eigenvalue weighted by molar-refractivity contribution is 0.0560. The van der Waals surface area contributed by atoms with Gasteiger partial charge in [-0.25, -0.2) is 8.78 Å². The summed E-state index contributed by atoms with van der Waals surface area (Å²) in [5, 5.41) is 0. The van der Waals surface area contributed by atoms with Crippen LogP contribution in [0.1, 0.15) is 58.3 Å². The monoisotopic (exact) mass is 310 g/mol. The maximum absolute atomic E-state index is 13.1. The van der Waals surface area contributed by atoms with E-state index in [1.807, 2.05) is 0 Å². The van der Waals surface area contributed by atoms with Crippen LogP contribution in [0.15, 0.2) is 0 Å². The van der Waals surface area contributed by atoms with E-state index < -0.39 is 19.9 Å². The molecule has 0 aromatic carbocycles. The van der Waals surface area contributed by atoms with E-state index in [0.717, 1.165) is 0 Å². The summed E-state index contributed by atoms with van der Waals surface area (Å²) >= 11 is 0. The van der Waals surface area contributed by atoms with Crippen LogP contribution in [0.3, 0.4) is 0 Å². The molecule has 0 aromatic heterocycles. The average Bonchev–Trinajstić information content (AvgIpc) is 2.44. The molecule has 0 bridgehead atoms. The lowest BCUT2D eigenvalue weighted by Crippen LogP contribution is -2.25. The molecule has 20 heavy (non-hydrogen) atoms. The first-order valence-corrected chi connectivity index (χ1v) is 9.47. The number of hydrogen-bond acceptors (Lipinski definition) is 3. The van der Waals surface area contributed by atoms with Gasteiger partial charge in [-0.2, -0.15) is 0 Å². The van der Waals surface area contributed by atoms with Crippen LogP contribution < -0.4 is 0 Å². The van der Waals surface area contributed by atoms with Gasteiger partial charge in [0.1, 0.15) is 12.3 Å². The van der Waals surface area contributed by atoms with Crippen LogP contribution in [-0.4, -0.2) is 30.7 Å². The SMILES string of the molecule is CCP(=O)(OC1CCC(F)CC1)OC1CCC(F)CC1. The molecule has 3 nitrogen and oxygen atoms in total. The van der Waals surface area contributed by atoms with Gasteiger partial charge < -0.3 is 9.05 Å². The fourth-order valence-electron chi connectivity index (χ4n) is 2.88. The van der Waals surface area contributed by atoms with Crippen molar-refractivity contribution in [2.24, 2.45) is 0 Å². The van der Waals surface area contributed by atoms with Crippen molar-refractivity contribution < 1.29 is 22.4 Å². The molecule has 118 valence electrons. The van der Waals surface area contributed by atoms with Crippen LogP contribution in [0.2, 0.25) is 0 Å². The lowest BCUT2D eigenvalue weighted by Gasteiger charge is -2.32. The number of rotatable bonds is 5. The molecule has 0 N–H and O–H groups in total. The van der Waals surface area contributed by atoms with Gasteiger partial charge in [-0.05, 0) is 51.4 Å². The quantitative estimate of drug-likeness (QED) is 0.685. The standard InChI is InChI=1S/C14H25F2O3P/c1-2-20(17,18-13-7-3-11(15)4-8-13)19-14-9-5-12(16)6-10-14/h11-14H,2-10H2,1H3. The van der Waals surface area contributed by atoms with Crippen LogP contribution in [-0.2, 0) is 13.6 Å². The van der Waals surface area contributed by atoms with E-state index in [4.69, 9.17) is 9.05 Å². The van der Waals surface area contributed by atoms with Crippen LogP contribution in [0.5, 0.6) is 0 Å². The Hall–Kier alpha value is 0.01000. The Bertz CT molecular complexity index is 309. The van der Waals surface area contributed by atoms with Crippen LogP contribution in [0.25, 0.3) is 0 Å². The first-order valence-electron chi connectivity index (χ1n) is 7.74.